The number of benzene rings is 1. The smallest absolute Gasteiger partial charge is 0.274 e. The predicted octanol–water partition coefficient (Wildman–Crippen LogP) is 2.23. The lowest BCUT2D eigenvalue weighted by Crippen LogP contribution is -2.50. The minimum Gasteiger partial charge on any atom is -0.335 e. The fourth-order valence-corrected chi connectivity index (χ4v) is 4.49. The van der Waals surface area contributed by atoms with Gasteiger partial charge in [-0.1, -0.05) is 32.9 Å². The van der Waals surface area contributed by atoms with Gasteiger partial charge in [-0.15, -0.1) is 0 Å². The molecule has 7 nitrogen and oxygen atoms in total. The maximum atomic E-state index is 12.9. The molecular weight excluding hydrogens is 376 g/mol. The molecular formula is C20H26N4O3S. The Bertz CT molecular complexity index is 940. The summed E-state index contributed by atoms with van der Waals surface area (Å²) in [6.07, 6.45) is 3.01. The van der Waals surface area contributed by atoms with Gasteiger partial charge in [0, 0.05) is 32.4 Å². The van der Waals surface area contributed by atoms with Gasteiger partial charge >= 0.3 is 0 Å². The number of hydrogen-bond acceptors (Lipinski definition) is 5. The standard InChI is InChI=1S/C20H26N4O3S/c1-15-13-22-18(14-21-15)19(25)23-9-11-24(12-10-23)28(26,27)17-7-5-16(6-8-17)20(2,3)4/h5-8,13-14H,9-12H2,1-4H3. The van der Waals surface area contributed by atoms with Crippen molar-refractivity contribution in [2.24, 2.45) is 0 Å². The number of aromatic nitrogens is 2. The maximum Gasteiger partial charge on any atom is 0.274 e. The molecule has 1 aliphatic rings. The topological polar surface area (TPSA) is 83.5 Å². The fourth-order valence-electron chi connectivity index (χ4n) is 3.07. The van der Waals surface area contributed by atoms with Crippen LogP contribution < -0.4 is 0 Å². The Kier molecular flexibility index (Phi) is 5.54. The lowest BCUT2D eigenvalue weighted by molar-refractivity contribution is 0.0691. The van der Waals surface area contributed by atoms with Gasteiger partial charge < -0.3 is 4.90 Å². The molecule has 0 aliphatic carbocycles. The van der Waals surface area contributed by atoms with E-state index in [-0.39, 0.29) is 35.0 Å². The molecule has 0 radical (unpaired) electrons. The molecule has 2 aromatic rings. The van der Waals surface area contributed by atoms with Crippen LogP contribution in [-0.4, -0.2) is 59.7 Å². The van der Waals surface area contributed by atoms with E-state index in [0.717, 1.165) is 11.3 Å². The highest BCUT2D eigenvalue weighted by atomic mass is 32.2. The van der Waals surface area contributed by atoms with Gasteiger partial charge in [0.25, 0.3) is 5.91 Å². The zero-order valence-electron chi connectivity index (χ0n) is 16.7. The number of nitrogens with zero attached hydrogens (tertiary/aromatic N) is 4. The third-order valence-electron chi connectivity index (χ3n) is 4.88. The van der Waals surface area contributed by atoms with E-state index in [1.807, 2.05) is 12.1 Å². The average Bonchev–Trinajstić information content (AvgIpc) is 2.67. The summed E-state index contributed by atoms with van der Waals surface area (Å²) in [6.45, 7) is 9.24. The van der Waals surface area contributed by atoms with Crippen LogP contribution in [0.25, 0.3) is 0 Å². The number of hydrogen-bond donors (Lipinski definition) is 0. The van der Waals surface area contributed by atoms with E-state index < -0.39 is 10.0 Å². The summed E-state index contributed by atoms with van der Waals surface area (Å²) < 4.78 is 27.3. The molecule has 2 heterocycles. The number of carbonyl (C=O) groups is 1. The SMILES string of the molecule is Cc1cnc(C(=O)N2CCN(S(=O)(=O)c3ccc(C(C)(C)C)cc3)CC2)cn1. The van der Waals surface area contributed by atoms with Crippen molar-refractivity contribution in [3.05, 3.63) is 53.6 Å². The first kappa shape index (κ1) is 20.4. The number of sulfonamides is 1. The molecule has 0 saturated carbocycles. The van der Waals surface area contributed by atoms with Crippen LogP contribution in [0.2, 0.25) is 0 Å². The number of aryl methyl sites for hydroxylation is 1. The molecule has 1 saturated heterocycles. The van der Waals surface area contributed by atoms with Crippen LogP contribution in [-0.2, 0) is 15.4 Å². The van der Waals surface area contributed by atoms with Crippen LogP contribution in [0.1, 0.15) is 42.5 Å². The molecule has 0 N–H and O–H groups in total. The van der Waals surface area contributed by atoms with E-state index in [1.165, 1.54) is 10.5 Å². The van der Waals surface area contributed by atoms with Gasteiger partial charge in [0.1, 0.15) is 5.69 Å². The van der Waals surface area contributed by atoms with Crippen molar-refractivity contribution >= 4 is 15.9 Å². The number of carbonyl (C=O) groups excluding carboxylic acids is 1. The first-order valence-corrected chi connectivity index (χ1v) is 10.7. The number of amides is 1. The van der Waals surface area contributed by atoms with Gasteiger partial charge in [-0.25, -0.2) is 13.4 Å². The summed E-state index contributed by atoms with van der Waals surface area (Å²) >= 11 is 0. The maximum absolute atomic E-state index is 12.9. The fraction of sp³-hybridized carbons (Fsp3) is 0.450. The summed E-state index contributed by atoms with van der Waals surface area (Å²) in [4.78, 5) is 22.6. The molecule has 0 spiro atoms. The summed E-state index contributed by atoms with van der Waals surface area (Å²) in [7, 11) is -3.58. The molecule has 1 aromatic heterocycles. The zero-order valence-corrected chi connectivity index (χ0v) is 17.5. The van der Waals surface area contributed by atoms with E-state index in [9.17, 15) is 13.2 Å². The molecule has 3 rings (SSSR count). The average molecular weight is 403 g/mol. The van der Waals surface area contributed by atoms with Gasteiger partial charge in [-0.05, 0) is 30.0 Å². The van der Waals surface area contributed by atoms with E-state index in [4.69, 9.17) is 0 Å². The Balaban J connectivity index is 1.68. The van der Waals surface area contributed by atoms with Crippen molar-refractivity contribution in [1.82, 2.24) is 19.2 Å². The molecule has 150 valence electrons. The van der Waals surface area contributed by atoms with E-state index in [1.54, 1.807) is 30.2 Å². The normalized spacial score (nSPS) is 16.2. The quantitative estimate of drug-likeness (QED) is 0.786. The molecule has 8 heteroatoms. The van der Waals surface area contributed by atoms with Gasteiger partial charge in [0.2, 0.25) is 10.0 Å². The van der Waals surface area contributed by atoms with Gasteiger partial charge in [-0.3, -0.25) is 9.78 Å². The molecule has 1 aromatic carbocycles. The van der Waals surface area contributed by atoms with Crippen molar-refractivity contribution in [2.45, 2.75) is 38.0 Å². The second-order valence-electron chi connectivity index (χ2n) is 8.01. The van der Waals surface area contributed by atoms with Crippen molar-refractivity contribution < 1.29 is 13.2 Å². The largest absolute Gasteiger partial charge is 0.335 e. The molecule has 0 unspecified atom stereocenters. The Labute approximate surface area is 166 Å². The monoisotopic (exact) mass is 402 g/mol. The molecule has 1 fully saturated rings. The first-order chi connectivity index (χ1) is 13.1. The van der Waals surface area contributed by atoms with Crippen LogP contribution >= 0.6 is 0 Å². The zero-order chi connectivity index (χ0) is 20.5. The molecule has 0 atom stereocenters. The summed E-state index contributed by atoms with van der Waals surface area (Å²) in [5.74, 6) is -0.223. The lowest BCUT2D eigenvalue weighted by atomic mass is 9.87. The van der Waals surface area contributed by atoms with Crippen LogP contribution in [0.4, 0.5) is 0 Å². The van der Waals surface area contributed by atoms with Crippen molar-refractivity contribution in [3.63, 3.8) is 0 Å². The molecule has 0 bridgehead atoms. The summed E-state index contributed by atoms with van der Waals surface area (Å²) in [5.41, 5.74) is 2.07. The van der Waals surface area contributed by atoms with E-state index in [2.05, 4.69) is 30.7 Å². The van der Waals surface area contributed by atoms with Gasteiger partial charge in [0.15, 0.2) is 0 Å². The Morgan fingerprint density at radius 3 is 2.07 bits per heavy atom. The molecule has 1 amide bonds. The van der Waals surface area contributed by atoms with Crippen LogP contribution in [0.5, 0.6) is 0 Å². The Morgan fingerprint density at radius 2 is 1.57 bits per heavy atom. The van der Waals surface area contributed by atoms with Crippen LogP contribution in [0.3, 0.4) is 0 Å². The molecule has 1 aliphatic heterocycles. The minimum absolute atomic E-state index is 0.0346. The van der Waals surface area contributed by atoms with Gasteiger partial charge in [0.05, 0.1) is 16.8 Å². The van der Waals surface area contributed by atoms with Crippen LogP contribution in [0.15, 0.2) is 41.6 Å². The number of piperazine rings is 1. The third-order valence-corrected chi connectivity index (χ3v) is 6.80. The van der Waals surface area contributed by atoms with Crippen molar-refractivity contribution in [3.8, 4) is 0 Å². The Morgan fingerprint density at radius 1 is 0.964 bits per heavy atom. The number of rotatable bonds is 3. The summed E-state index contributed by atoms with van der Waals surface area (Å²) in [5, 5.41) is 0. The highest BCUT2D eigenvalue weighted by Gasteiger charge is 2.31. The van der Waals surface area contributed by atoms with E-state index in [0.29, 0.717) is 13.1 Å². The second kappa shape index (κ2) is 7.60. The van der Waals surface area contributed by atoms with Gasteiger partial charge in [-0.2, -0.15) is 4.31 Å². The third kappa shape index (κ3) is 4.23. The highest BCUT2D eigenvalue weighted by Crippen LogP contribution is 2.25. The lowest BCUT2D eigenvalue weighted by Gasteiger charge is -2.33. The minimum atomic E-state index is -3.58. The van der Waals surface area contributed by atoms with Crippen LogP contribution in [0, 0.1) is 6.92 Å². The highest BCUT2D eigenvalue weighted by molar-refractivity contribution is 7.89. The van der Waals surface area contributed by atoms with Crippen molar-refractivity contribution in [1.29, 1.82) is 0 Å². The Hall–Kier alpha value is -2.32. The predicted molar refractivity (Wildman–Crippen MR) is 107 cm³/mol. The van der Waals surface area contributed by atoms with Crippen molar-refractivity contribution in [2.75, 3.05) is 26.2 Å². The van der Waals surface area contributed by atoms with E-state index >= 15 is 0 Å². The summed E-state index contributed by atoms with van der Waals surface area (Å²) in [6, 6.07) is 7.05. The second-order valence-corrected chi connectivity index (χ2v) is 9.95. The first-order valence-electron chi connectivity index (χ1n) is 9.28. The molecule has 28 heavy (non-hydrogen) atoms.